The highest BCUT2D eigenvalue weighted by Gasteiger charge is 2.33. The number of hydrogen-bond donors (Lipinski definition) is 0. The average molecular weight is 421 g/mol. The monoisotopic (exact) mass is 420 g/mol. The van der Waals surface area contributed by atoms with Gasteiger partial charge in [-0.3, -0.25) is 14.4 Å². The van der Waals surface area contributed by atoms with E-state index >= 15 is 0 Å². The molecule has 0 aliphatic carbocycles. The van der Waals surface area contributed by atoms with Crippen molar-refractivity contribution in [3.63, 3.8) is 0 Å². The molecule has 2 aliphatic heterocycles. The van der Waals surface area contributed by atoms with E-state index in [0.717, 1.165) is 19.3 Å². The Labute approximate surface area is 177 Å². The Morgan fingerprint density at radius 2 is 1.69 bits per heavy atom. The maximum atomic E-state index is 12.7. The zero-order valence-electron chi connectivity index (χ0n) is 17.1. The molecular formula is C22H29ClN2O4. The number of likely N-dealkylation sites (tertiary alicyclic amines) is 2. The third-order valence-electron chi connectivity index (χ3n) is 5.87. The van der Waals surface area contributed by atoms with Crippen molar-refractivity contribution in [2.75, 3.05) is 26.2 Å². The summed E-state index contributed by atoms with van der Waals surface area (Å²) in [6.45, 7) is 6.17. The smallest absolute Gasteiger partial charge is 0.311 e. The molecule has 2 fully saturated rings. The second kappa shape index (κ2) is 9.61. The molecule has 2 saturated heterocycles. The van der Waals surface area contributed by atoms with Crippen LogP contribution >= 0.6 is 11.6 Å². The van der Waals surface area contributed by atoms with Crippen molar-refractivity contribution in [1.29, 1.82) is 0 Å². The number of esters is 1. The molecule has 29 heavy (non-hydrogen) atoms. The molecule has 0 N–H and O–H groups in total. The Kier molecular flexibility index (Phi) is 7.17. The van der Waals surface area contributed by atoms with Gasteiger partial charge in [-0.25, -0.2) is 0 Å². The lowest BCUT2D eigenvalue weighted by Gasteiger charge is -2.34. The molecule has 0 radical (unpaired) electrons. The summed E-state index contributed by atoms with van der Waals surface area (Å²) in [6.07, 6.45) is 2.56. The Morgan fingerprint density at radius 1 is 1.03 bits per heavy atom. The molecule has 2 aliphatic rings. The Hall–Kier alpha value is -2.08. The number of piperidine rings is 2. The topological polar surface area (TPSA) is 66.9 Å². The van der Waals surface area contributed by atoms with Crippen LogP contribution < -0.4 is 0 Å². The molecule has 0 bridgehead atoms. The minimum absolute atomic E-state index is 0.120. The predicted octanol–water partition coefficient (Wildman–Crippen LogP) is 3.38. The maximum Gasteiger partial charge on any atom is 0.311 e. The summed E-state index contributed by atoms with van der Waals surface area (Å²) in [7, 11) is 0. The second-order valence-corrected chi connectivity index (χ2v) is 8.62. The lowest BCUT2D eigenvalue weighted by molar-refractivity contribution is -0.164. The Balaban J connectivity index is 1.54. The highest BCUT2D eigenvalue weighted by molar-refractivity contribution is 6.30. The van der Waals surface area contributed by atoms with Gasteiger partial charge in [-0.15, -0.1) is 0 Å². The van der Waals surface area contributed by atoms with E-state index in [1.807, 2.05) is 0 Å². The molecule has 0 aromatic heterocycles. The molecule has 2 atom stereocenters. The van der Waals surface area contributed by atoms with Crippen molar-refractivity contribution in [2.24, 2.45) is 11.8 Å². The fourth-order valence-electron chi connectivity index (χ4n) is 3.94. The highest BCUT2D eigenvalue weighted by atomic mass is 35.5. The first-order valence-corrected chi connectivity index (χ1v) is 10.8. The van der Waals surface area contributed by atoms with Gasteiger partial charge in [0, 0.05) is 36.8 Å². The van der Waals surface area contributed by atoms with E-state index in [0.29, 0.717) is 49.1 Å². The molecule has 0 spiro atoms. The quantitative estimate of drug-likeness (QED) is 0.700. The van der Waals surface area contributed by atoms with Crippen LogP contribution in [-0.4, -0.2) is 59.9 Å². The fourth-order valence-corrected chi connectivity index (χ4v) is 4.06. The maximum absolute atomic E-state index is 12.7. The standard InChI is InChI=1S/C22H29ClN2O4/c1-15-9-12-24(13-10-15)20(26)16(2)29-22(28)18-4-3-11-25(14-18)21(27)17-5-7-19(23)8-6-17/h5-8,15-16,18H,3-4,9-14H2,1-2H3/t16-,18+/m1/s1. The fraction of sp³-hybridized carbons (Fsp3) is 0.591. The van der Waals surface area contributed by atoms with Crippen LogP contribution in [0.2, 0.25) is 5.02 Å². The summed E-state index contributed by atoms with van der Waals surface area (Å²) in [6, 6.07) is 6.73. The summed E-state index contributed by atoms with van der Waals surface area (Å²) in [5.74, 6) is -0.425. The van der Waals surface area contributed by atoms with Crippen LogP contribution in [-0.2, 0) is 14.3 Å². The van der Waals surface area contributed by atoms with E-state index in [4.69, 9.17) is 16.3 Å². The molecular weight excluding hydrogens is 392 g/mol. The second-order valence-electron chi connectivity index (χ2n) is 8.18. The van der Waals surface area contributed by atoms with Gasteiger partial charge in [-0.05, 0) is 62.8 Å². The SMILES string of the molecule is CC1CCN(C(=O)[C@@H](C)OC(=O)[C@H]2CCCN(C(=O)c3ccc(Cl)cc3)C2)CC1. The third kappa shape index (κ3) is 5.50. The third-order valence-corrected chi connectivity index (χ3v) is 6.12. The van der Waals surface area contributed by atoms with E-state index < -0.39 is 18.0 Å². The number of amides is 2. The highest BCUT2D eigenvalue weighted by Crippen LogP contribution is 2.22. The number of benzene rings is 1. The van der Waals surface area contributed by atoms with Crippen LogP contribution in [0.25, 0.3) is 0 Å². The first-order valence-electron chi connectivity index (χ1n) is 10.4. The lowest BCUT2D eigenvalue weighted by atomic mass is 9.97. The number of carbonyl (C=O) groups excluding carboxylic acids is 3. The summed E-state index contributed by atoms with van der Waals surface area (Å²) < 4.78 is 5.50. The first-order chi connectivity index (χ1) is 13.8. The van der Waals surface area contributed by atoms with Gasteiger partial charge in [0.2, 0.25) is 0 Å². The average Bonchev–Trinajstić information content (AvgIpc) is 2.74. The molecule has 1 aromatic carbocycles. The molecule has 1 aromatic rings. The van der Waals surface area contributed by atoms with E-state index in [-0.39, 0.29) is 11.8 Å². The first kappa shape index (κ1) is 21.6. The summed E-state index contributed by atoms with van der Waals surface area (Å²) in [5, 5.41) is 0.573. The number of rotatable bonds is 4. The van der Waals surface area contributed by atoms with E-state index in [2.05, 4.69) is 6.92 Å². The summed E-state index contributed by atoms with van der Waals surface area (Å²) in [4.78, 5) is 41.4. The van der Waals surface area contributed by atoms with Crippen LogP contribution in [0.5, 0.6) is 0 Å². The van der Waals surface area contributed by atoms with Crippen molar-refractivity contribution < 1.29 is 19.1 Å². The Bertz CT molecular complexity index is 744. The Morgan fingerprint density at radius 3 is 2.34 bits per heavy atom. The predicted molar refractivity (Wildman–Crippen MR) is 111 cm³/mol. The molecule has 0 saturated carbocycles. The van der Waals surface area contributed by atoms with Crippen molar-refractivity contribution in [2.45, 2.75) is 45.6 Å². The largest absolute Gasteiger partial charge is 0.452 e. The van der Waals surface area contributed by atoms with Gasteiger partial charge in [0.15, 0.2) is 6.10 Å². The number of hydrogen-bond acceptors (Lipinski definition) is 4. The van der Waals surface area contributed by atoms with Gasteiger partial charge in [-0.2, -0.15) is 0 Å². The molecule has 0 unspecified atom stereocenters. The molecule has 158 valence electrons. The van der Waals surface area contributed by atoms with Crippen LogP contribution in [0.3, 0.4) is 0 Å². The normalized spacial score (nSPS) is 21.6. The molecule has 3 rings (SSSR count). The van der Waals surface area contributed by atoms with E-state index in [1.165, 1.54) is 0 Å². The minimum Gasteiger partial charge on any atom is -0.452 e. The number of nitrogens with zero attached hydrogens (tertiary/aromatic N) is 2. The summed E-state index contributed by atoms with van der Waals surface area (Å²) in [5.41, 5.74) is 0.547. The van der Waals surface area contributed by atoms with Gasteiger partial charge < -0.3 is 14.5 Å². The van der Waals surface area contributed by atoms with Gasteiger partial charge in [0.1, 0.15) is 0 Å². The van der Waals surface area contributed by atoms with Crippen LogP contribution in [0.15, 0.2) is 24.3 Å². The zero-order chi connectivity index (χ0) is 21.0. The van der Waals surface area contributed by atoms with Gasteiger partial charge >= 0.3 is 5.97 Å². The molecule has 7 heteroatoms. The van der Waals surface area contributed by atoms with Crippen LogP contribution in [0, 0.1) is 11.8 Å². The molecule has 2 heterocycles. The van der Waals surface area contributed by atoms with Crippen molar-refractivity contribution >= 4 is 29.4 Å². The summed E-state index contributed by atoms with van der Waals surface area (Å²) >= 11 is 5.89. The van der Waals surface area contributed by atoms with Gasteiger partial charge in [-0.1, -0.05) is 18.5 Å². The lowest BCUT2D eigenvalue weighted by Crippen LogP contribution is -2.46. The van der Waals surface area contributed by atoms with Gasteiger partial charge in [0.25, 0.3) is 11.8 Å². The van der Waals surface area contributed by atoms with Crippen molar-refractivity contribution in [3.8, 4) is 0 Å². The van der Waals surface area contributed by atoms with Crippen molar-refractivity contribution in [1.82, 2.24) is 9.80 Å². The van der Waals surface area contributed by atoms with Crippen molar-refractivity contribution in [3.05, 3.63) is 34.9 Å². The van der Waals surface area contributed by atoms with E-state index in [1.54, 1.807) is 41.0 Å². The number of halogens is 1. The number of carbonyl (C=O) groups is 3. The molecule has 6 nitrogen and oxygen atoms in total. The zero-order valence-corrected chi connectivity index (χ0v) is 17.9. The van der Waals surface area contributed by atoms with Gasteiger partial charge in [0.05, 0.1) is 5.92 Å². The van der Waals surface area contributed by atoms with Crippen LogP contribution in [0.4, 0.5) is 0 Å². The van der Waals surface area contributed by atoms with Crippen LogP contribution in [0.1, 0.15) is 49.9 Å². The van der Waals surface area contributed by atoms with E-state index in [9.17, 15) is 14.4 Å². The minimum atomic E-state index is -0.793. The number of ether oxygens (including phenoxy) is 1. The molecule has 2 amide bonds.